The van der Waals surface area contributed by atoms with E-state index in [0.29, 0.717) is 11.4 Å². The summed E-state index contributed by atoms with van der Waals surface area (Å²) >= 11 is 0. The summed E-state index contributed by atoms with van der Waals surface area (Å²) in [5, 5.41) is 7.59. The minimum atomic E-state index is 0.584. The molecule has 1 aromatic heterocycles. The van der Waals surface area contributed by atoms with Gasteiger partial charge in [-0.3, -0.25) is 0 Å². The summed E-state index contributed by atoms with van der Waals surface area (Å²) in [6.07, 6.45) is 3.33. The van der Waals surface area contributed by atoms with Crippen LogP contribution >= 0.6 is 0 Å². The van der Waals surface area contributed by atoms with Crippen LogP contribution in [0.2, 0.25) is 0 Å². The summed E-state index contributed by atoms with van der Waals surface area (Å²) in [4.78, 5) is 0. The van der Waals surface area contributed by atoms with Gasteiger partial charge in [-0.05, 0) is 12.1 Å². The number of anilines is 1. The van der Waals surface area contributed by atoms with Crippen LogP contribution < -0.4 is 10.5 Å². The minimum Gasteiger partial charge on any atom is -0.492 e. The molecule has 0 bridgehead atoms. The lowest BCUT2D eigenvalue weighted by molar-refractivity contribution is 0.413. The summed E-state index contributed by atoms with van der Waals surface area (Å²) in [6, 6.07) is 5.48. The van der Waals surface area contributed by atoms with E-state index in [1.165, 1.54) is 0 Å². The fraction of sp³-hybridized carbons (Fsp3) is 0.111. The monoisotopic (exact) mass is 190 g/mol. The molecule has 2 aromatic rings. The third-order valence-corrected chi connectivity index (χ3v) is 1.90. The summed E-state index contributed by atoms with van der Waals surface area (Å²) in [5.74, 6) is 0.609. The molecule has 0 saturated heterocycles. The first kappa shape index (κ1) is 8.55. The third-order valence-electron chi connectivity index (χ3n) is 1.90. The first-order valence-corrected chi connectivity index (χ1v) is 4.12. The van der Waals surface area contributed by atoms with Gasteiger partial charge in [0.15, 0.2) is 5.75 Å². The van der Waals surface area contributed by atoms with Gasteiger partial charge in [0.2, 0.25) is 0 Å². The smallest absolute Gasteiger partial charge is 0.167 e. The maximum Gasteiger partial charge on any atom is 0.167 e. The van der Waals surface area contributed by atoms with Gasteiger partial charge in [-0.2, -0.15) is 0 Å². The maximum atomic E-state index is 5.75. The summed E-state index contributed by atoms with van der Waals surface area (Å²) in [7, 11) is 1.58. The second-order valence-corrected chi connectivity index (χ2v) is 2.75. The molecule has 0 atom stereocenters. The molecule has 1 heterocycles. The number of nitrogen functional groups attached to an aromatic ring is 1. The van der Waals surface area contributed by atoms with Crippen LogP contribution in [0.15, 0.2) is 30.6 Å². The molecule has 0 aliphatic carbocycles. The lowest BCUT2D eigenvalue weighted by atomic mass is 10.2. The van der Waals surface area contributed by atoms with Gasteiger partial charge < -0.3 is 10.5 Å². The second-order valence-electron chi connectivity index (χ2n) is 2.75. The predicted octanol–water partition coefficient (Wildman–Crippen LogP) is 0.858. The van der Waals surface area contributed by atoms with E-state index in [-0.39, 0.29) is 0 Å². The van der Waals surface area contributed by atoms with Crippen molar-refractivity contribution in [3.63, 3.8) is 0 Å². The number of hydrogen-bond donors (Lipinski definition) is 1. The van der Waals surface area contributed by atoms with Crippen LogP contribution in [0.4, 0.5) is 5.69 Å². The molecule has 0 aliphatic rings. The van der Waals surface area contributed by atoms with Crippen molar-refractivity contribution in [2.24, 2.45) is 0 Å². The first-order chi connectivity index (χ1) is 6.83. The second kappa shape index (κ2) is 3.37. The van der Waals surface area contributed by atoms with E-state index in [0.717, 1.165) is 5.69 Å². The molecule has 72 valence electrons. The van der Waals surface area contributed by atoms with Crippen LogP contribution in [-0.2, 0) is 0 Å². The summed E-state index contributed by atoms with van der Waals surface area (Å²) in [5.41, 5.74) is 7.12. The van der Waals surface area contributed by atoms with Crippen molar-refractivity contribution < 1.29 is 4.74 Å². The molecule has 0 spiro atoms. The third kappa shape index (κ3) is 1.28. The molecule has 0 radical (unpaired) electrons. The Morgan fingerprint density at radius 3 is 2.93 bits per heavy atom. The fourth-order valence-corrected chi connectivity index (χ4v) is 1.28. The van der Waals surface area contributed by atoms with Crippen LogP contribution in [0, 0.1) is 0 Å². The molecule has 14 heavy (non-hydrogen) atoms. The Balaban J connectivity index is 2.58. The Morgan fingerprint density at radius 1 is 1.43 bits per heavy atom. The molecule has 2 N–H and O–H groups in total. The lowest BCUT2D eigenvalue weighted by Gasteiger charge is -2.09. The number of methoxy groups -OCH3 is 1. The predicted molar refractivity (Wildman–Crippen MR) is 52.3 cm³/mol. The number of hydrogen-bond acceptors (Lipinski definition) is 4. The van der Waals surface area contributed by atoms with E-state index >= 15 is 0 Å². The van der Waals surface area contributed by atoms with Gasteiger partial charge in [-0.1, -0.05) is 11.3 Å². The van der Waals surface area contributed by atoms with E-state index in [1.807, 2.05) is 12.1 Å². The van der Waals surface area contributed by atoms with Gasteiger partial charge in [0.1, 0.15) is 5.69 Å². The van der Waals surface area contributed by atoms with Gasteiger partial charge in [0, 0.05) is 0 Å². The molecule has 0 saturated carbocycles. The highest BCUT2D eigenvalue weighted by molar-refractivity contribution is 5.62. The van der Waals surface area contributed by atoms with Crippen molar-refractivity contribution in [1.82, 2.24) is 15.0 Å². The molecule has 0 fully saturated rings. The minimum absolute atomic E-state index is 0.584. The Labute approximate surface area is 81.1 Å². The van der Waals surface area contributed by atoms with Crippen LogP contribution in [0.5, 0.6) is 5.75 Å². The molecule has 1 aromatic carbocycles. The normalized spacial score (nSPS) is 10.1. The van der Waals surface area contributed by atoms with Gasteiger partial charge in [-0.15, -0.1) is 5.10 Å². The van der Waals surface area contributed by atoms with E-state index in [9.17, 15) is 0 Å². The molecular weight excluding hydrogens is 180 g/mol. The number of nitrogens with zero attached hydrogens (tertiary/aromatic N) is 3. The SMILES string of the molecule is COc1c(N)cccc1-n1ccnn1. The number of aromatic nitrogens is 3. The highest BCUT2D eigenvalue weighted by Crippen LogP contribution is 2.28. The Kier molecular flexibility index (Phi) is 2.06. The number of ether oxygens (including phenoxy) is 1. The van der Waals surface area contributed by atoms with Crippen molar-refractivity contribution in [3.8, 4) is 11.4 Å². The van der Waals surface area contributed by atoms with Gasteiger partial charge in [0.25, 0.3) is 0 Å². The van der Waals surface area contributed by atoms with E-state index in [2.05, 4.69) is 10.3 Å². The Morgan fingerprint density at radius 2 is 2.29 bits per heavy atom. The largest absolute Gasteiger partial charge is 0.492 e. The van der Waals surface area contributed by atoms with E-state index in [1.54, 1.807) is 30.3 Å². The van der Waals surface area contributed by atoms with Gasteiger partial charge >= 0.3 is 0 Å². The van der Waals surface area contributed by atoms with Crippen LogP contribution in [-0.4, -0.2) is 22.1 Å². The number of rotatable bonds is 2. The zero-order valence-electron chi connectivity index (χ0n) is 7.71. The van der Waals surface area contributed by atoms with Crippen molar-refractivity contribution in [2.75, 3.05) is 12.8 Å². The zero-order chi connectivity index (χ0) is 9.97. The number of benzene rings is 1. The molecule has 2 rings (SSSR count). The van der Waals surface area contributed by atoms with Crippen LogP contribution in [0.3, 0.4) is 0 Å². The first-order valence-electron chi connectivity index (χ1n) is 4.12. The van der Waals surface area contributed by atoms with E-state index in [4.69, 9.17) is 10.5 Å². The molecular formula is C9H10N4O. The average Bonchev–Trinajstić information content (AvgIpc) is 2.70. The van der Waals surface area contributed by atoms with Gasteiger partial charge in [0.05, 0.1) is 25.2 Å². The Hall–Kier alpha value is -2.04. The topological polar surface area (TPSA) is 66.0 Å². The highest BCUT2D eigenvalue weighted by Gasteiger charge is 2.08. The molecule has 0 unspecified atom stereocenters. The highest BCUT2D eigenvalue weighted by atomic mass is 16.5. The number of para-hydroxylation sites is 1. The van der Waals surface area contributed by atoms with Crippen LogP contribution in [0.1, 0.15) is 0 Å². The molecule has 0 amide bonds. The molecule has 5 nitrogen and oxygen atoms in total. The zero-order valence-corrected chi connectivity index (χ0v) is 7.71. The summed E-state index contributed by atoms with van der Waals surface area (Å²) in [6.45, 7) is 0. The standard InChI is InChI=1S/C9H10N4O/c1-14-9-7(10)3-2-4-8(9)13-6-5-11-12-13/h2-6H,10H2,1H3. The molecule has 0 aliphatic heterocycles. The molecule has 5 heteroatoms. The van der Waals surface area contributed by atoms with Crippen molar-refractivity contribution in [3.05, 3.63) is 30.6 Å². The lowest BCUT2D eigenvalue weighted by Crippen LogP contribution is -2.01. The van der Waals surface area contributed by atoms with Crippen LogP contribution in [0.25, 0.3) is 5.69 Å². The maximum absolute atomic E-state index is 5.75. The van der Waals surface area contributed by atoms with Crippen molar-refractivity contribution in [1.29, 1.82) is 0 Å². The van der Waals surface area contributed by atoms with Crippen molar-refractivity contribution >= 4 is 5.69 Å². The summed E-state index contributed by atoms with van der Waals surface area (Å²) < 4.78 is 6.79. The van der Waals surface area contributed by atoms with Crippen molar-refractivity contribution in [2.45, 2.75) is 0 Å². The Bertz CT molecular complexity index is 424. The average molecular weight is 190 g/mol. The van der Waals surface area contributed by atoms with Gasteiger partial charge in [-0.25, -0.2) is 4.68 Å². The van der Waals surface area contributed by atoms with E-state index < -0.39 is 0 Å². The fourth-order valence-electron chi connectivity index (χ4n) is 1.28. The quantitative estimate of drug-likeness (QED) is 0.713. The number of nitrogens with two attached hydrogens (primary N) is 1.